The van der Waals surface area contributed by atoms with E-state index in [0.717, 1.165) is 7.11 Å². The fraction of sp³-hybridized carbons (Fsp3) is 0.294. The molecule has 9 nitrogen and oxygen atoms in total. The summed E-state index contributed by atoms with van der Waals surface area (Å²) in [4.78, 5) is 47.1. The monoisotopic (exact) mass is 361 g/mol. The summed E-state index contributed by atoms with van der Waals surface area (Å²) in [5.74, 6) is -2.43. The van der Waals surface area contributed by atoms with E-state index in [0.29, 0.717) is 12.0 Å². The Bertz CT molecular complexity index is 865. The first-order valence-corrected chi connectivity index (χ1v) is 7.78. The zero-order valence-electron chi connectivity index (χ0n) is 14.5. The summed E-state index contributed by atoms with van der Waals surface area (Å²) in [5, 5.41) is 9.72. The number of ether oxygens (including phenoxy) is 1. The van der Waals surface area contributed by atoms with E-state index in [1.54, 1.807) is 44.2 Å². The molecule has 0 spiro atoms. The lowest BCUT2D eigenvalue weighted by atomic mass is 9.99. The van der Waals surface area contributed by atoms with Crippen molar-refractivity contribution in [2.24, 2.45) is 0 Å². The number of carbonyl (C=O) groups is 2. The average Bonchev–Trinajstić information content (AvgIpc) is 2.67. The Morgan fingerprint density at radius 3 is 2.50 bits per heavy atom. The summed E-state index contributed by atoms with van der Waals surface area (Å²) >= 11 is 0. The van der Waals surface area contributed by atoms with E-state index in [2.05, 4.69) is 20.2 Å². The highest BCUT2D eigenvalue weighted by Gasteiger charge is 2.32. The third kappa shape index (κ3) is 3.89. The summed E-state index contributed by atoms with van der Waals surface area (Å²) in [6.07, 6.45) is 0.337. The van der Waals surface area contributed by atoms with Crippen LogP contribution in [0.4, 0.5) is 0 Å². The molecule has 1 aromatic heterocycles. The minimum atomic E-state index is -1.12. The molecular formula is C17H19N3O6. The van der Waals surface area contributed by atoms with Gasteiger partial charge in [-0.2, -0.15) is 0 Å². The standard InChI is InChI=1S/C17H19N3O6/c1-4-17(2,20-26-14(23)10-8-6-5-7-9-10)16-18-11(15(24)25-3)12(21)13(22)19-16/h5-9,20-21H,4H2,1-3H3,(H,18,19,22). The summed E-state index contributed by atoms with van der Waals surface area (Å²) < 4.78 is 4.51. The van der Waals surface area contributed by atoms with Crippen molar-refractivity contribution >= 4 is 11.9 Å². The Morgan fingerprint density at radius 2 is 1.92 bits per heavy atom. The fourth-order valence-corrected chi connectivity index (χ4v) is 2.05. The topological polar surface area (TPSA) is 131 Å². The lowest BCUT2D eigenvalue weighted by Gasteiger charge is -2.27. The molecule has 0 saturated heterocycles. The summed E-state index contributed by atoms with van der Waals surface area (Å²) in [7, 11) is 1.10. The minimum absolute atomic E-state index is 0.00376. The van der Waals surface area contributed by atoms with Gasteiger partial charge in [0.05, 0.1) is 12.7 Å². The van der Waals surface area contributed by atoms with Gasteiger partial charge >= 0.3 is 11.9 Å². The summed E-state index contributed by atoms with van der Waals surface area (Å²) in [5.41, 5.74) is 0.348. The second-order valence-electron chi connectivity index (χ2n) is 5.65. The Morgan fingerprint density at radius 1 is 1.27 bits per heavy atom. The van der Waals surface area contributed by atoms with Gasteiger partial charge in [0.15, 0.2) is 5.69 Å². The van der Waals surface area contributed by atoms with Gasteiger partial charge in [0.1, 0.15) is 11.4 Å². The molecule has 0 fully saturated rings. The van der Waals surface area contributed by atoms with Gasteiger partial charge in [-0.15, -0.1) is 5.48 Å². The first-order valence-electron chi connectivity index (χ1n) is 7.78. The molecule has 2 rings (SSSR count). The van der Waals surface area contributed by atoms with Crippen LogP contribution in [-0.2, 0) is 15.1 Å². The molecule has 0 aliphatic rings. The van der Waals surface area contributed by atoms with Crippen LogP contribution in [-0.4, -0.2) is 34.1 Å². The first-order chi connectivity index (χ1) is 12.3. The number of benzene rings is 1. The van der Waals surface area contributed by atoms with E-state index in [9.17, 15) is 19.5 Å². The van der Waals surface area contributed by atoms with Crippen molar-refractivity contribution in [3.8, 4) is 5.75 Å². The van der Waals surface area contributed by atoms with Crippen LogP contribution in [0.1, 0.15) is 46.9 Å². The molecule has 1 aromatic carbocycles. The molecule has 0 aliphatic carbocycles. The van der Waals surface area contributed by atoms with Crippen molar-refractivity contribution in [3.05, 3.63) is 57.8 Å². The van der Waals surface area contributed by atoms with E-state index in [1.165, 1.54) is 0 Å². The number of aromatic hydroxyl groups is 1. The number of rotatable bonds is 6. The van der Waals surface area contributed by atoms with Gasteiger partial charge in [0, 0.05) is 0 Å². The van der Waals surface area contributed by atoms with Crippen LogP contribution in [0.5, 0.6) is 5.75 Å². The maximum absolute atomic E-state index is 12.1. The van der Waals surface area contributed by atoms with E-state index >= 15 is 0 Å². The van der Waals surface area contributed by atoms with Crippen LogP contribution in [0.2, 0.25) is 0 Å². The third-order valence-electron chi connectivity index (χ3n) is 3.88. The summed E-state index contributed by atoms with van der Waals surface area (Å²) in [6.45, 7) is 3.37. The number of esters is 1. The predicted octanol–water partition coefficient (Wildman–Crippen LogP) is 1.25. The van der Waals surface area contributed by atoms with Crippen LogP contribution in [0.25, 0.3) is 0 Å². The molecule has 9 heteroatoms. The number of aromatic amines is 1. The molecule has 0 amide bonds. The van der Waals surface area contributed by atoms with E-state index in [1.807, 2.05) is 0 Å². The van der Waals surface area contributed by atoms with Gasteiger partial charge < -0.3 is 19.7 Å². The molecule has 26 heavy (non-hydrogen) atoms. The second kappa shape index (κ2) is 7.79. The Hall–Kier alpha value is -3.20. The van der Waals surface area contributed by atoms with Crippen molar-refractivity contribution in [1.82, 2.24) is 15.4 Å². The number of hydroxylamine groups is 1. The number of nitrogens with zero attached hydrogens (tertiary/aromatic N) is 1. The van der Waals surface area contributed by atoms with Gasteiger partial charge in [-0.1, -0.05) is 25.1 Å². The highest BCUT2D eigenvalue weighted by atomic mass is 16.7. The number of aromatic nitrogens is 2. The maximum atomic E-state index is 12.1. The van der Waals surface area contributed by atoms with Gasteiger partial charge in [-0.3, -0.25) is 4.79 Å². The smallest absolute Gasteiger partial charge is 0.360 e. The predicted molar refractivity (Wildman–Crippen MR) is 90.5 cm³/mol. The minimum Gasteiger partial charge on any atom is -0.501 e. The quantitative estimate of drug-likeness (QED) is 0.517. The number of hydrogen-bond donors (Lipinski definition) is 3. The number of carbonyl (C=O) groups excluding carboxylic acids is 2. The van der Waals surface area contributed by atoms with Gasteiger partial charge in [-0.05, 0) is 25.5 Å². The van der Waals surface area contributed by atoms with Crippen molar-refractivity contribution in [2.45, 2.75) is 25.8 Å². The highest BCUT2D eigenvalue weighted by Crippen LogP contribution is 2.22. The van der Waals surface area contributed by atoms with Crippen molar-refractivity contribution in [2.75, 3.05) is 7.11 Å². The lowest BCUT2D eigenvalue weighted by molar-refractivity contribution is -0.00642. The SMILES string of the molecule is CCC(C)(NOC(=O)c1ccccc1)c1nc(C(=O)OC)c(O)c(=O)[nH]1. The fourth-order valence-electron chi connectivity index (χ4n) is 2.05. The molecule has 3 N–H and O–H groups in total. The zero-order chi connectivity index (χ0) is 19.3. The molecule has 1 atom stereocenters. The molecule has 1 heterocycles. The molecular weight excluding hydrogens is 342 g/mol. The van der Waals surface area contributed by atoms with Crippen LogP contribution in [0.3, 0.4) is 0 Å². The second-order valence-corrected chi connectivity index (χ2v) is 5.65. The lowest BCUT2D eigenvalue weighted by Crippen LogP contribution is -2.43. The number of methoxy groups -OCH3 is 1. The van der Waals surface area contributed by atoms with Crippen LogP contribution >= 0.6 is 0 Å². The van der Waals surface area contributed by atoms with Gasteiger partial charge in [0.2, 0.25) is 5.75 Å². The van der Waals surface area contributed by atoms with Crippen LogP contribution < -0.4 is 11.0 Å². The highest BCUT2D eigenvalue weighted by molar-refractivity contribution is 5.90. The Kier molecular flexibility index (Phi) is 5.73. The average molecular weight is 361 g/mol. The van der Waals surface area contributed by atoms with E-state index in [-0.39, 0.29) is 5.82 Å². The van der Waals surface area contributed by atoms with Gasteiger partial charge in [-0.25, -0.2) is 14.6 Å². The molecule has 1 unspecified atom stereocenters. The summed E-state index contributed by atoms with van der Waals surface area (Å²) in [6, 6.07) is 8.32. The maximum Gasteiger partial charge on any atom is 0.360 e. The Balaban J connectivity index is 2.31. The molecule has 0 bridgehead atoms. The first kappa shape index (κ1) is 19.1. The van der Waals surface area contributed by atoms with E-state index in [4.69, 9.17) is 4.84 Å². The number of H-pyrrole nitrogens is 1. The van der Waals surface area contributed by atoms with E-state index < -0.39 is 34.5 Å². The number of nitrogens with one attached hydrogen (secondary N) is 2. The van der Waals surface area contributed by atoms with Crippen LogP contribution in [0, 0.1) is 0 Å². The molecule has 138 valence electrons. The Labute approximate surface area is 148 Å². The molecule has 0 saturated carbocycles. The number of hydrogen-bond acceptors (Lipinski definition) is 8. The normalized spacial score (nSPS) is 12.9. The van der Waals surface area contributed by atoms with Crippen molar-refractivity contribution < 1.29 is 24.3 Å². The van der Waals surface area contributed by atoms with Crippen molar-refractivity contribution in [1.29, 1.82) is 0 Å². The van der Waals surface area contributed by atoms with Gasteiger partial charge in [0.25, 0.3) is 5.56 Å². The largest absolute Gasteiger partial charge is 0.501 e. The molecule has 0 aliphatic heterocycles. The van der Waals surface area contributed by atoms with Crippen molar-refractivity contribution in [3.63, 3.8) is 0 Å². The molecule has 2 aromatic rings. The van der Waals surface area contributed by atoms with Crippen LogP contribution in [0.15, 0.2) is 35.1 Å². The zero-order valence-corrected chi connectivity index (χ0v) is 14.5. The third-order valence-corrected chi connectivity index (χ3v) is 3.88. The molecule has 0 radical (unpaired) electrons.